The number of hydrogen-bond donors (Lipinski definition) is 0. The molecular formula is C19H29N3O5S. The van der Waals surface area contributed by atoms with Gasteiger partial charge in [0.15, 0.2) is 0 Å². The Morgan fingerprint density at radius 3 is 2.57 bits per heavy atom. The van der Waals surface area contributed by atoms with E-state index in [1.807, 2.05) is 52.0 Å². The zero-order chi connectivity index (χ0) is 20.5. The first-order valence-corrected chi connectivity index (χ1v) is 10.9. The maximum absolute atomic E-state index is 12.8. The van der Waals surface area contributed by atoms with Crippen molar-refractivity contribution in [2.45, 2.75) is 39.3 Å². The molecule has 2 fully saturated rings. The van der Waals surface area contributed by atoms with E-state index in [2.05, 4.69) is 0 Å². The summed E-state index contributed by atoms with van der Waals surface area (Å²) in [6, 6.07) is 7.38. The molecule has 2 saturated heterocycles. The van der Waals surface area contributed by atoms with Crippen LogP contribution in [0, 0.1) is 6.92 Å². The van der Waals surface area contributed by atoms with Gasteiger partial charge in [-0.3, -0.25) is 0 Å². The second-order valence-corrected chi connectivity index (χ2v) is 10.1. The first-order chi connectivity index (χ1) is 13.1. The van der Waals surface area contributed by atoms with E-state index in [0.29, 0.717) is 19.6 Å². The molecule has 1 aromatic carbocycles. The lowest BCUT2D eigenvalue weighted by atomic mass is 10.2. The SMILES string of the molecule is Cc1ccccc1OCCN1C[C@H]2CN(C(=O)OC(C)(C)C)CCN2S1(=O)=O. The maximum Gasteiger partial charge on any atom is 0.410 e. The van der Waals surface area contributed by atoms with Crippen LogP contribution in [0.25, 0.3) is 0 Å². The number of nitrogens with zero attached hydrogens (tertiary/aromatic N) is 3. The summed E-state index contributed by atoms with van der Waals surface area (Å²) in [7, 11) is -3.53. The van der Waals surface area contributed by atoms with Crippen molar-refractivity contribution in [2.24, 2.45) is 0 Å². The number of fused-ring (bicyclic) bond motifs is 1. The van der Waals surface area contributed by atoms with Crippen molar-refractivity contribution in [1.82, 2.24) is 13.5 Å². The molecule has 2 aliphatic rings. The Labute approximate surface area is 167 Å². The topological polar surface area (TPSA) is 79.4 Å². The molecule has 9 heteroatoms. The molecular weight excluding hydrogens is 382 g/mol. The second-order valence-electron chi connectivity index (χ2n) is 8.17. The first kappa shape index (κ1) is 20.9. The summed E-state index contributed by atoms with van der Waals surface area (Å²) in [5.74, 6) is 0.757. The van der Waals surface area contributed by atoms with Gasteiger partial charge in [-0.25, -0.2) is 4.79 Å². The third kappa shape index (κ3) is 4.59. The van der Waals surface area contributed by atoms with Gasteiger partial charge in [-0.15, -0.1) is 0 Å². The van der Waals surface area contributed by atoms with Gasteiger partial charge < -0.3 is 14.4 Å². The van der Waals surface area contributed by atoms with E-state index in [1.54, 1.807) is 4.90 Å². The summed E-state index contributed by atoms with van der Waals surface area (Å²) in [5.41, 5.74) is 0.437. The van der Waals surface area contributed by atoms with Crippen LogP contribution in [0.4, 0.5) is 4.79 Å². The predicted molar refractivity (Wildman–Crippen MR) is 105 cm³/mol. The molecule has 8 nitrogen and oxygen atoms in total. The number of aryl methyl sites for hydroxylation is 1. The van der Waals surface area contributed by atoms with Crippen LogP contribution in [0.15, 0.2) is 24.3 Å². The largest absolute Gasteiger partial charge is 0.492 e. The minimum atomic E-state index is -3.53. The minimum Gasteiger partial charge on any atom is -0.492 e. The van der Waals surface area contributed by atoms with Crippen molar-refractivity contribution < 1.29 is 22.7 Å². The van der Waals surface area contributed by atoms with Crippen molar-refractivity contribution in [3.8, 4) is 5.75 Å². The Morgan fingerprint density at radius 2 is 1.89 bits per heavy atom. The number of carbonyl (C=O) groups is 1. The van der Waals surface area contributed by atoms with Crippen molar-refractivity contribution in [2.75, 3.05) is 39.3 Å². The molecule has 1 aromatic rings. The molecule has 0 N–H and O–H groups in total. The third-order valence-electron chi connectivity index (χ3n) is 4.81. The van der Waals surface area contributed by atoms with Crippen LogP contribution in [-0.4, -0.2) is 79.0 Å². The van der Waals surface area contributed by atoms with E-state index in [1.165, 1.54) is 8.61 Å². The van der Waals surface area contributed by atoms with E-state index in [9.17, 15) is 13.2 Å². The number of rotatable bonds is 4. The molecule has 0 bridgehead atoms. The van der Waals surface area contributed by atoms with Crippen molar-refractivity contribution >= 4 is 16.3 Å². The van der Waals surface area contributed by atoms with Crippen molar-refractivity contribution in [1.29, 1.82) is 0 Å². The van der Waals surface area contributed by atoms with Crippen molar-refractivity contribution in [3.05, 3.63) is 29.8 Å². The average Bonchev–Trinajstić information content (AvgIpc) is 2.85. The molecule has 0 radical (unpaired) electrons. The lowest BCUT2D eigenvalue weighted by molar-refractivity contribution is 0.0145. The second kappa shape index (κ2) is 7.88. The molecule has 2 aliphatic heterocycles. The van der Waals surface area contributed by atoms with Gasteiger partial charge in [-0.2, -0.15) is 17.0 Å². The molecule has 156 valence electrons. The fourth-order valence-electron chi connectivity index (χ4n) is 3.44. The normalized spacial score (nSPS) is 22.7. The van der Waals surface area contributed by atoms with Crippen LogP contribution in [0.3, 0.4) is 0 Å². The van der Waals surface area contributed by atoms with Crippen molar-refractivity contribution in [3.63, 3.8) is 0 Å². The molecule has 0 aliphatic carbocycles. The number of amides is 1. The van der Waals surface area contributed by atoms with Crippen LogP contribution in [-0.2, 0) is 14.9 Å². The zero-order valence-corrected chi connectivity index (χ0v) is 17.7. The van der Waals surface area contributed by atoms with Crippen LogP contribution in [0.1, 0.15) is 26.3 Å². The van der Waals surface area contributed by atoms with E-state index >= 15 is 0 Å². The van der Waals surface area contributed by atoms with Gasteiger partial charge in [0.25, 0.3) is 10.2 Å². The Kier molecular flexibility index (Phi) is 5.88. The molecule has 1 atom stereocenters. The van der Waals surface area contributed by atoms with Gasteiger partial charge in [-0.1, -0.05) is 18.2 Å². The quantitative estimate of drug-likeness (QED) is 0.756. The van der Waals surface area contributed by atoms with E-state index < -0.39 is 21.9 Å². The Hall–Kier alpha value is -1.84. The van der Waals surface area contributed by atoms with Crippen LogP contribution < -0.4 is 4.74 Å². The highest BCUT2D eigenvalue weighted by Crippen LogP contribution is 2.27. The number of carbonyl (C=O) groups excluding carboxylic acids is 1. The van der Waals surface area contributed by atoms with E-state index in [-0.39, 0.29) is 25.7 Å². The lowest BCUT2D eigenvalue weighted by Gasteiger charge is -2.36. The number of piperazine rings is 1. The summed E-state index contributed by atoms with van der Waals surface area (Å²) < 4.78 is 39.7. The smallest absolute Gasteiger partial charge is 0.410 e. The average molecular weight is 412 g/mol. The predicted octanol–water partition coefficient (Wildman–Crippen LogP) is 1.86. The number of benzene rings is 1. The van der Waals surface area contributed by atoms with Gasteiger partial charge in [0, 0.05) is 32.7 Å². The third-order valence-corrected chi connectivity index (χ3v) is 6.87. The standard InChI is InChI=1S/C19H29N3O5S/c1-15-7-5-6-8-17(15)26-12-11-21-14-16-13-20(18(23)27-19(2,3)4)9-10-22(16)28(21,24)25/h5-8,16H,9-14H2,1-4H3/t16-/m1/s1. The fraction of sp³-hybridized carbons (Fsp3) is 0.632. The van der Waals surface area contributed by atoms with Gasteiger partial charge in [0.1, 0.15) is 18.0 Å². The molecule has 0 spiro atoms. The van der Waals surface area contributed by atoms with E-state index in [4.69, 9.17) is 9.47 Å². The zero-order valence-electron chi connectivity index (χ0n) is 16.9. The summed E-state index contributed by atoms with van der Waals surface area (Å²) in [6.07, 6.45) is -0.397. The molecule has 0 saturated carbocycles. The summed E-state index contributed by atoms with van der Waals surface area (Å²) >= 11 is 0. The van der Waals surface area contributed by atoms with Crippen LogP contribution in [0.2, 0.25) is 0 Å². The molecule has 0 unspecified atom stereocenters. The summed E-state index contributed by atoms with van der Waals surface area (Å²) in [6.45, 7) is 9.25. The van der Waals surface area contributed by atoms with Gasteiger partial charge in [0.2, 0.25) is 0 Å². The highest BCUT2D eigenvalue weighted by molar-refractivity contribution is 7.87. The summed E-state index contributed by atoms with van der Waals surface area (Å²) in [4.78, 5) is 13.9. The molecule has 0 aromatic heterocycles. The highest BCUT2D eigenvalue weighted by atomic mass is 32.2. The molecule has 3 rings (SSSR count). The fourth-order valence-corrected chi connectivity index (χ4v) is 5.23. The number of ether oxygens (including phenoxy) is 2. The Morgan fingerprint density at radius 1 is 1.18 bits per heavy atom. The maximum atomic E-state index is 12.8. The minimum absolute atomic E-state index is 0.260. The Bertz CT molecular complexity index is 821. The molecule has 2 heterocycles. The first-order valence-electron chi connectivity index (χ1n) is 9.51. The molecule has 28 heavy (non-hydrogen) atoms. The number of para-hydroxylation sites is 1. The highest BCUT2D eigenvalue weighted by Gasteiger charge is 2.47. The van der Waals surface area contributed by atoms with E-state index in [0.717, 1.165) is 11.3 Å². The van der Waals surface area contributed by atoms with Gasteiger partial charge in [0.05, 0.1) is 6.04 Å². The van der Waals surface area contributed by atoms with Gasteiger partial charge >= 0.3 is 6.09 Å². The number of hydrogen-bond acceptors (Lipinski definition) is 5. The van der Waals surface area contributed by atoms with Crippen LogP contribution >= 0.6 is 0 Å². The molecule has 1 amide bonds. The van der Waals surface area contributed by atoms with Crippen LogP contribution in [0.5, 0.6) is 5.75 Å². The summed E-state index contributed by atoms with van der Waals surface area (Å²) in [5, 5.41) is 0. The Balaban J connectivity index is 1.58. The monoisotopic (exact) mass is 411 g/mol. The lowest BCUT2D eigenvalue weighted by Crippen LogP contribution is -2.54. The van der Waals surface area contributed by atoms with Gasteiger partial charge in [-0.05, 0) is 39.3 Å².